The van der Waals surface area contributed by atoms with E-state index in [-0.39, 0.29) is 6.61 Å². The van der Waals surface area contributed by atoms with Crippen LogP contribution in [0.15, 0.2) is 0 Å². The van der Waals surface area contributed by atoms with E-state index in [0.29, 0.717) is 6.42 Å². The lowest BCUT2D eigenvalue weighted by Gasteiger charge is -2.28. The van der Waals surface area contributed by atoms with Gasteiger partial charge in [-0.15, -0.1) is 0 Å². The highest BCUT2D eigenvalue weighted by Gasteiger charge is 2.14. The summed E-state index contributed by atoms with van der Waals surface area (Å²) in [7, 11) is 0. The van der Waals surface area contributed by atoms with Crippen molar-refractivity contribution in [3.8, 4) is 6.07 Å². The minimum Gasteiger partial charge on any atom is -0.390 e. The second-order valence-corrected chi connectivity index (χ2v) is 2.88. The second-order valence-electron chi connectivity index (χ2n) is 2.88. The van der Waals surface area contributed by atoms with Gasteiger partial charge < -0.3 is 5.11 Å². The minimum atomic E-state index is 0.201. The second kappa shape index (κ2) is 7.99. The number of nitrogens with zero attached hydrogens (tertiary/aromatic N) is 2. The first kappa shape index (κ1) is 12.4. The highest BCUT2D eigenvalue weighted by molar-refractivity contribution is 4.69. The lowest BCUT2D eigenvalue weighted by atomic mass is 10.4. The van der Waals surface area contributed by atoms with Gasteiger partial charge in [0, 0.05) is 6.54 Å². The van der Waals surface area contributed by atoms with E-state index in [0.717, 1.165) is 26.2 Å². The van der Waals surface area contributed by atoms with E-state index in [9.17, 15) is 0 Å². The smallest absolute Gasteiger partial charge is 0.118 e. The lowest BCUT2D eigenvalue weighted by molar-refractivity contribution is -1.01. The van der Waals surface area contributed by atoms with Crippen molar-refractivity contribution in [2.45, 2.75) is 20.3 Å². The zero-order chi connectivity index (χ0) is 10.1. The van der Waals surface area contributed by atoms with Crippen molar-refractivity contribution in [1.82, 2.24) is 5.01 Å². The van der Waals surface area contributed by atoms with Gasteiger partial charge >= 0.3 is 0 Å². The van der Waals surface area contributed by atoms with E-state index in [2.05, 4.69) is 24.9 Å². The summed E-state index contributed by atoms with van der Waals surface area (Å²) in [5.41, 5.74) is 0. The Morgan fingerprint density at radius 1 is 1.46 bits per heavy atom. The van der Waals surface area contributed by atoms with Gasteiger partial charge in [0.2, 0.25) is 0 Å². The molecule has 0 heterocycles. The van der Waals surface area contributed by atoms with Crippen LogP contribution in [0.3, 0.4) is 0 Å². The van der Waals surface area contributed by atoms with E-state index in [1.54, 1.807) is 0 Å². The topological polar surface area (TPSA) is 51.7 Å². The Bertz CT molecular complexity index is 155. The van der Waals surface area contributed by atoms with Crippen LogP contribution in [0, 0.1) is 11.3 Å². The van der Waals surface area contributed by atoms with Crippen molar-refractivity contribution >= 4 is 0 Å². The first-order valence-electron chi connectivity index (χ1n) is 4.87. The Morgan fingerprint density at radius 3 is 2.54 bits per heavy atom. The van der Waals surface area contributed by atoms with Crippen LogP contribution in [0.25, 0.3) is 0 Å². The molecule has 4 nitrogen and oxygen atoms in total. The van der Waals surface area contributed by atoms with Gasteiger partial charge in [0.25, 0.3) is 0 Å². The molecule has 0 rings (SSSR count). The molecule has 76 valence electrons. The Kier molecular flexibility index (Phi) is 7.60. The average molecular weight is 186 g/mol. The molecule has 0 spiro atoms. The van der Waals surface area contributed by atoms with E-state index < -0.39 is 0 Å². The molecule has 0 radical (unpaired) electrons. The van der Waals surface area contributed by atoms with Crippen LogP contribution in [-0.2, 0) is 0 Å². The molecule has 0 aromatic heterocycles. The quantitative estimate of drug-likeness (QED) is 0.503. The molecular formula is C9H20N3O+. The first-order valence-corrected chi connectivity index (χ1v) is 4.87. The Hall–Kier alpha value is -0.630. The summed E-state index contributed by atoms with van der Waals surface area (Å²) in [5.74, 6) is 0. The maximum Gasteiger partial charge on any atom is 0.118 e. The van der Waals surface area contributed by atoms with Crippen molar-refractivity contribution in [3.05, 3.63) is 0 Å². The number of hydrogen-bond acceptors (Lipinski definition) is 3. The number of nitriles is 1. The van der Waals surface area contributed by atoms with Gasteiger partial charge in [0.05, 0.1) is 32.2 Å². The molecule has 0 amide bonds. The van der Waals surface area contributed by atoms with Gasteiger partial charge in [0.15, 0.2) is 0 Å². The summed E-state index contributed by atoms with van der Waals surface area (Å²) in [5, 5.41) is 20.7. The monoisotopic (exact) mass is 186 g/mol. The third kappa shape index (κ3) is 4.83. The molecule has 4 heteroatoms. The largest absolute Gasteiger partial charge is 0.390 e. The van der Waals surface area contributed by atoms with E-state index >= 15 is 0 Å². The zero-order valence-corrected chi connectivity index (χ0v) is 8.58. The number of rotatable bonds is 7. The molecular weight excluding hydrogens is 166 g/mol. The predicted octanol–water partition coefficient (Wildman–Crippen LogP) is -0.966. The van der Waals surface area contributed by atoms with Crippen molar-refractivity contribution in [3.63, 3.8) is 0 Å². The Labute approximate surface area is 80.3 Å². The molecule has 2 N–H and O–H groups in total. The van der Waals surface area contributed by atoms with Gasteiger partial charge in [0.1, 0.15) is 6.54 Å². The number of aliphatic hydroxyl groups is 1. The van der Waals surface area contributed by atoms with Crippen LogP contribution in [0.4, 0.5) is 0 Å². The molecule has 1 unspecified atom stereocenters. The molecule has 0 saturated carbocycles. The van der Waals surface area contributed by atoms with Gasteiger partial charge in [-0.25, -0.2) is 0 Å². The summed E-state index contributed by atoms with van der Waals surface area (Å²) in [4.78, 5) is 0. The van der Waals surface area contributed by atoms with Crippen LogP contribution in [0.5, 0.6) is 0 Å². The molecule has 13 heavy (non-hydrogen) atoms. The van der Waals surface area contributed by atoms with Gasteiger partial charge in [-0.1, -0.05) is 0 Å². The predicted molar refractivity (Wildman–Crippen MR) is 50.9 cm³/mol. The standard InChI is InChI=1S/C9H19N3O/c1-3-11(7-5-6-10)12(4-2)8-9-13/h13H,3-5,7-9H2,1-2H3/p+1. The van der Waals surface area contributed by atoms with Crippen LogP contribution < -0.4 is 5.01 Å². The first-order chi connectivity index (χ1) is 6.29. The highest BCUT2D eigenvalue weighted by Crippen LogP contribution is 1.81. The molecule has 0 saturated heterocycles. The summed E-state index contributed by atoms with van der Waals surface area (Å²) < 4.78 is 0. The van der Waals surface area contributed by atoms with E-state index in [1.807, 2.05) is 0 Å². The number of nitrogens with one attached hydrogen (secondary N) is 1. The fraction of sp³-hybridized carbons (Fsp3) is 0.889. The summed E-state index contributed by atoms with van der Waals surface area (Å²) in [6.45, 7) is 7.76. The average Bonchev–Trinajstić information content (AvgIpc) is 2.17. The van der Waals surface area contributed by atoms with Gasteiger partial charge in [-0.2, -0.15) is 10.3 Å². The molecule has 0 aliphatic rings. The molecule has 0 bridgehead atoms. The van der Waals surface area contributed by atoms with Crippen molar-refractivity contribution in [2.24, 2.45) is 0 Å². The summed E-state index contributed by atoms with van der Waals surface area (Å²) in [6.07, 6.45) is 0.558. The maximum atomic E-state index is 8.83. The van der Waals surface area contributed by atoms with Crippen LogP contribution in [-0.4, -0.2) is 42.9 Å². The third-order valence-electron chi connectivity index (χ3n) is 2.13. The Balaban J connectivity index is 3.93. The van der Waals surface area contributed by atoms with Crippen LogP contribution >= 0.6 is 0 Å². The fourth-order valence-corrected chi connectivity index (χ4v) is 1.41. The molecule has 0 aromatic carbocycles. The summed E-state index contributed by atoms with van der Waals surface area (Å²) in [6, 6.07) is 2.14. The third-order valence-corrected chi connectivity index (χ3v) is 2.13. The molecule has 1 atom stereocenters. The van der Waals surface area contributed by atoms with Crippen molar-refractivity contribution < 1.29 is 10.1 Å². The van der Waals surface area contributed by atoms with Gasteiger partial charge in [-0.3, -0.25) is 5.01 Å². The molecule has 0 fully saturated rings. The number of hydrogen-bond donors (Lipinski definition) is 2. The van der Waals surface area contributed by atoms with E-state index in [4.69, 9.17) is 10.4 Å². The lowest BCUT2D eigenvalue weighted by Crippen LogP contribution is -3.18. The maximum absolute atomic E-state index is 8.83. The number of aliphatic hydroxyl groups excluding tert-OH is 1. The fourth-order valence-electron chi connectivity index (χ4n) is 1.41. The highest BCUT2D eigenvalue weighted by atomic mass is 16.3. The van der Waals surface area contributed by atoms with Crippen molar-refractivity contribution in [2.75, 3.05) is 32.8 Å². The van der Waals surface area contributed by atoms with Crippen LogP contribution in [0.1, 0.15) is 20.3 Å². The minimum absolute atomic E-state index is 0.201. The Morgan fingerprint density at radius 2 is 2.15 bits per heavy atom. The molecule has 0 aliphatic carbocycles. The normalized spacial score (nSPS) is 12.8. The van der Waals surface area contributed by atoms with Gasteiger partial charge in [-0.05, 0) is 13.8 Å². The zero-order valence-electron chi connectivity index (χ0n) is 8.58. The molecule has 0 aliphatic heterocycles. The summed E-state index contributed by atoms with van der Waals surface area (Å²) >= 11 is 0. The van der Waals surface area contributed by atoms with Crippen LogP contribution in [0.2, 0.25) is 0 Å². The number of quaternary nitrogens is 1. The SMILES string of the molecule is CCN(CCC#N)[NH+](CC)CCO. The number of likely N-dealkylation sites (N-methyl/N-ethyl adjacent to an activating group) is 1. The molecule has 0 aromatic rings. The van der Waals surface area contributed by atoms with Crippen molar-refractivity contribution in [1.29, 1.82) is 5.26 Å². The van der Waals surface area contributed by atoms with E-state index in [1.165, 1.54) is 5.01 Å².